The molecular weight excluding hydrogens is 376 g/mol. The number of halogens is 2. The van der Waals surface area contributed by atoms with Crippen molar-refractivity contribution < 1.29 is 8.78 Å². The summed E-state index contributed by atoms with van der Waals surface area (Å²) >= 11 is 0. The van der Waals surface area contributed by atoms with Crippen molar-refractivity contribution in [2.75, 3.05) is 0 Å². The number of fused-ring (bicyclic) bond motifs is 1. The van der Waals surface area contributed by atoms with E-state index in [0.29, 0.717) is 17.0 Å². The van der Waals surface area contributed by atoms with Crippen molar-refractivity contribution in [1.82, 2.24) is 4.98 Å². The van der Waals surface area contributed by atoms with Gasteiger partial charge < -0.3 is 0 Å². The molecule has 5 aromatic rings. The third-order valence-corrected chi connectivity index (χ3v) is 5.18. The van der Waals surface area contributed by atoms with E-state index in [9.17, 15) is 8.78 Å². The summed E-state index contributed by atoms with van der Waals surface area (Å²) in [6, 6.07) is 31.1. The van der Waals surface area contributed by atoms with Crippen LogP contribution in [0.25, 0.3) is 44.4 Å². The Labute approximate surface area is 173 Å². The first-order valence-electron chi connectivity index (χ1n) is 9.69. The lowest BCUT2D eigenvalue weighted by Gasteiger charge is -2.11. The fourth-order valence-corrected chi connectivity index (χ4v) is 3.66. The fourth-order valence-electron chi connectivity index (χ4n) is 3.66. The molecular formula is C27H17F2N. The molecule has 0 unspecified atom stereocenters. The number of hydrogen-bond donors (Lipinski definition) is 0. The van der Waals surface area contributed by atoms with E-state index in [1.165, 1.54) is 6.07 Å². The molecule has 0 amide bonds. The summed E-state index contributed by atoms with van der Waals surface area (Å²) in [5, 5.41) is 2.23. The maximum Gasteiger partial charge on any atom is 0.131 e. The highest BCUT2D eigenvalue weighted by atomic mass is 19.1. The molecule has 0 N–H and O–H groups in total. The molecule has 3 heteroatoms. The summed E-state index contributed by atoms with van der Waals surface area (Å²) in [7, 11) is 0. The van der Waals surface area contributed by atoms with Crippen LogP contribution in [-0.4, -0.2) is 4.98 Å². The molecule has 144 valence electrons. The van der Waals surface area contributed by atoms with E-state index in [-0.39, 0.29) is 5.56 Å². The van der Waals surface area contributed by atoms with E-state index in [0.717, 1.165) is 34.0 Å². The smallest absolute Gasteiger partial charge is 0.131 e. The topological polar surface area (TPSA) is 12.9 Å². The summed E-state index contributed by atoms with van der Waals surface area (Å²) in [4.78, 5) is 4.84. The van der Waals surface area contributed by atoms with Crippen molar-refractivity contribution in [1.29, 1.82) is 0 Å². The van der Waals surface area contributed by atoms with Crippen LogP contribution in [0.2, 0.25) is 0 Å². The van der Waals surface area contributed by atoms with Crippen LogP contribution in [-0.2, 0) is 0 Å². The molecule has 1 nitrogen and oxygen atoms in total. The SMILES string of the molecule is Fc1ccc(F)c(-c2cc(-c3ccccc3)nc(-c3ccc4ccccc4c3)c2)c1. The zero-order valence-corrected chi connectivity index (χ0v) is 16.0. The Balaban J connectivity index is 1.74. The Bertz CT molecular complexity index is 1360. The van der Waals surface area contributed by atoms with Crippen LogP contribution in [0.5, 0.6) is 0 Å². The van der Waals surface area contributed by atoms with Crippen LogP contribution >= 0.6 is 0 Å². The maximum atomic E-state index is 14.5. The van der Waals surface area contributed by atoms with Gasteiger partial charge in [-0.05, 0) is 52.7 Å². The van der Waals surface area contributed by atoms with Gasteiger partial charge in [-0.2, -0.15) is 0 Å². The average Bonchev–Trinajstić information content (AvgIpc) is 2.80. The number of pyridine rings is 1. The highest BCUT2D eigenvalue weighted by Crippen LogP contribution is 2.32. The van der Waals surface area contributed by atoms with Gasteiger partial charge in [0.05, 0.1) is 11.4 Å². The predicted octanol–water partition coefficient (Wildman–Crippen LogP) is 7.51. The normalized spacial score (nSPS) is 11.0. The van der Waals surface area contributed by atoms with Crippen molar-refractivity contribution in [2.45, 2.75) is 0 Å². The summed E-state index contributed by atoms with van der Waals surface area (Å²) in [5.74, 6) is -0.942. The third kappa shape index (κ3) is 3.46. The Morgan fingerprint density at radius 1 is 0.500 bits per heavy atom. The average molecular weight is 393 g/mol. The highest BCUT2D eigenvalue weighted by Gasteiger charge is 2.13. The first-order chi connectivity index (χ1) is 14.7. The standard InChI is InChI=1S/C27H17F2N/c28-23-12-13-25(29)24(17-23)22-15-26(19-7-2-1-3-8-19)30-27(16-22)21-11-10-18-6-4-5-9-20(18)14-21/h1-17H. The monoisotopic (exact) mass is 393 g/mol. The summed E-state index contributed by atoms with van der Waals surface area (Å²) in [6.07, 6.45) is 0. The summed E-state index contributed by atoms with van der Waals surface area (Å²) < 4.78 is 28.4. The van der Waals surface area contributed by atoms with Crippen molar-refractivity contribution >= 4 is 10.8 Å². The van der Waals surface area contributed by atoms with E-state index in [1.807, 2.05) is 66.7 Å². The lowest BCUT2D eigenvalue weighted by Crippen LogP contribution is -1.93. The molecule has 0 bridgehead atoms. The van der Waals surface area contributed by atoms with Gasteiger partial charge in [-0.15, -0.1) is 0 Å². The highest BCUT2D eigenvalue weighted by molar-refractivity contribution is 5.87. The van der Waals surface area contributed by atoms with Gasteiger partial charge in [-0.1, -0.05) is 66.7 Å². The van der Waals surface area contributed by atoms with Crippen molar-refractivity contribution in [3.8, 4) is 33.6 Å². The minimum Gasteiger partial charge on any atom is -0.248 e. The minimum atomic E-state index is -0.475. The van der Waals surface area contributed by atoms with Crippen molar-refractivity contribution in [3.05, 3.63) is 115 Å². The van der Waals surface area contributed by atoms with Crippen LogP contribution in [0.3, 0.4) is 0 Å². The van der Waals surface area contributed by atoms with Crippen LogP contribution in [0.15, 0.2) is 103 Å². The molecule has 0 fully saturated rings. The van der Waals surface area contributed by atoms with Crippen LogP contribution < -0.4 is 0 Å². The molecule has 0 radical (unpaired) electrons. The molecule has 4 aromatic carbocycles. The number of benzene rings is 4. The Morgan fingerprint density at radius 2 is 1.20 bits per heavy atom. The fraction of sp³-hybridized carbons (Fsp3) is 0. The van der Waals surface area contributed by atoms with E-state index in [1.54, 1.807) is 6.07 Å². The van der Waals surface area contributed by atoms with Gasteiger partial charge >= 0.3 is 0 Å². The van der Waals surface area contributed by atoms with E-state index < -0.39 is 11.6 Å². The number of aromatic nitrogens is 1. The van der Waals surface area contributed by atoms with E-state index in [2.05, 4.69) is 12.1 Å². The molecule has 0 atom stereocenters. The second-order valence-corrected chi connectivity index (χ2v) is 7.18. The zero-order chi connectivity index (χ0) is 20.5. The minimum absolute atomic E-state index is 0.219. The largest absolute Gasteiger partial charge is 0.248 e. The maximum absolute atomic E-state index is 14.5. The number of rotatable bonds is 3. The van der Waals surface area contributed by atoms with Gasteiger partial charge in [0.1, 0.15) is 11.6 Å². The Hall–Kier alpha value is -3.85. The Morgan fingerprint density at radius 3 is 2.00 bits per heavy atom. The first kappa shape index (κ1) is 18.2. The van der Waals surface area contributed by atoms with E-state index in [4.69, 9.17) is 4.98 Å². The number of nitrogens with zero attached hydrogens (tertiary/aromatic N) is 1. The molecule has 5 rings (SSSR count). The quantitative estimate of drug-likeness (QED) is 0.309. The van der Waals surface area contributed by atoms with Crippen LogP contribution in [0.1, 0.15) is 0 Å². The summed E-state index contributed by atoms with van der Waals surface area (Å²) in [5.41, 5.74) is 4.06. The van der Waals surface area contributed by atoms with Gasteiger partial charge in [0.15, 0.2) is 0 Å². The molecule has 0 spiro atoms. The molecule has 30 heavy (non-hydrogen) atoms. The third-order valence-electron chi connectivity index (χ3n) is 5.18. The number of hydrogen-bond acceptors (Lipinski definition) is 1. The second-order valence-electron chi connectivity index (χ2n) is 7.18. The van der Waals surface area contributed by atoms with Crippen LogP contribution in [0, 0.1) is 11.6 Å². The second kappa shape index (κ2) is 7.53. The van der Waals surface area contributed by atoms with E-state index >= 15 is 0 Å². The zero-order valence-electron chi connectivity index (χ0n) is 16.0. The van der Waals surface area contributed by atoms with Gasteiger partial charge in [0.25, 0.3) is 0 Å². The molecule has 0 aliphatic rings. The van der Waals surface area contributed by atoms with Crippen LogP contribution in [0.4, 0.5) is 8.78 Å². The van der Waals surface area contributed by atoms with Gasteiger partial charge in [0.2, 0.25) is 0 Å². The lowest BCUT2D eigenvalue weighted by atomic mass is 9.98. The predicted molar refractivity (Wildman–Crippen MR) is 118 cm³/mol. The first-order valence-corrected chi connectivity index (χ1v) is 9.69. The van der Waals surface area contributed by atoms with Gasteiger partial charge in [-0.25, -0.2) is 13.8 Å². The molecule has 1 aromatic heterocycles. The molecule has 0 saturated carbocycles. The lowest BCUT2D eigenvalue weighted by molar-refractivity contribution is 0.603. The molecule has 0 aliphatic carbocycles. The van der Waals surface area contributed by atoms with Gasteiger partial charge in [-0.3, -0.25) is 0 Å². The van der Waals surface area contributed by atoms with Crippen molar-refractivity contribution in [3.63, 3.8) is 0 Å². The molecule has 0 saturated heterocycles. The summed E-state index contributed by atoms with van der Waals surface area (Å²) in [6.45, 7) is 0. The molecule has 1 heterocycles. The Kier molecular flexibility index (Phi) is 4.56. The molecule has 0 aliphatic heterocycles. The van der Waals surface area contributed by atoms with Gasteiger partial charge in [0, 0.05) is 16.7 Å². The van der Waals surface area contributed by atoms with Crippen molar-refractivity contribution in [2.24, 2.45) is 0 Å².